The van der Waals surface area contributed by atoms with Crippen LogP contribution in [0, 0.1) is 17.8 Å². The number of halogens is 2. The van der Waals surface area contributed by atoms with Crippen LogP contribution >= 0.6 is 0 Å². The Bertz CT molecular complexity index is 872. The number of hydrogen-bond acceptors (Lipinski definition) is 9. The van der Waals surface area contributed by atoms with Crippen molar-refractivity contribution in [2.24, 2.45) is 17.8 Å². The van der Waals surface area contributed by atoms with E-state index in [-0.39, 0.29) is 25.2 Å². The van der Waals surface area contributed by atoms with Crippen LogP contribution in [0.2, 0.25) is 0 Å². The van der Waals surface area contributed by atoms with Crippen LogP contribution in [-0.2, 0) is 38.7 Å². The molecule has 6 rings (SSSR count). The van der Waals surface area contributed by atoms with Crippen molar-refractivity contribution in [1.82, 2.24) is 0 Å². The van der Waals surface area contributed by atoms with Gasteiger partial charge in [0.1, 0.15) is 5.60 Å². The van der Waals surface area contributed by atoms with Crippen LogP contribution in [0.1, 0.15) is 32.1 Å². The number of esters is 2. The Kier molecular flexibility index (Phi) is 3.80. The summed E-state index contributed by atoms with van der Waals surface area (Å²) in [5.41, 5.74) is -1.34. The molecule has 0 radical (unpaired) electrons. The predicted molar refractivity (Wildman–Crippen MR) is 83.4 cm³/mol. The van der Waals surface area contributed by atoms with Crippen molar-refractivity contribution in [1.29, 1.82) is 0 Å². The number of aliphatic hydroxyl groups excluding tert-OH is 1. The molecule has 13 heteroatoms. The molecule has 6 fully saturated rings. The summed E-state index contributed by atoms with van der Waals surface area (Å²) in [4.78, 5) is 23.8. The van der Waals surface area contributed by atoms with E-state index < -0.39 is 69.0 Å². The number of cyclic esters (lactones) is 1. The van der Waals surface area contributed by atoms with Gasteiger partial charge in [-0.3, -0.25) is 4.55 Å². The summed E-state index contributed by atoms with van der Waals surface area (Å²) in [5, 5.41) is 4.79. The maximum absolute atomic E-state index is 13.7. The lowest BCUT2D eigenvalue weighted by Gasteiger charge is -2.62. The number of carbonyl (C=O) groups is 2. The zero-order chi connectivity index (χ0) is 21.0. The minimum atomic E-state index is -5.97. The number of fused-ring (bicyclic) bond motifs is 1. The first-order valence-corrected chi connectivity index (χ1v) is 10.6. The molecule has 5 unspecified atom stereocenters. The lowest BCUT2D eigenvalue weighted by molar-refractivity contribution is -0.333. The molecule has 2 heterocycles. The van der Waals surface area contributed by atoms with Gasteiger partial charge in [0, 0.05) is 11.8 Å². The van der Waals surface area contributed by atoms with Crippen LogP contribution in [0.3, 0.4) is 0 Å². The molecule has 162 valence electrons. The average molecular weight is 440 g/mol. The molecule has 4 aliphatic carbocycles. The molecule has 4 saturated carbocycles. The standard InChI is InChI=1S/C16H18F2O10S/c17-16(18,29(22,23)24)13(21)28-14-3-6-1-7(4-14)15(8(2-6)5-14)26-9-10(27-15)12(20)25-11(9)19/h6-11,19H,1-5H2,(H,22,23,24). The van der Waals surface area contributed by atoms with Gasteiger partial charge in [-0.2, -0.15) is 17.2 Å². The molecule has 4 bridgehead atoms. The fourth-order valence-corrected chi connectivity index (χ4v) is 6.19. The fraction of sp³-hybridized carbons (Fsp3) is 0.875. The van der Waals surface area contributed by atoms with Gasteiger partial charge in [0.15, 0.2) is 18.0 Å². The second-order valence-electron chi connectivity index (χ2n) is 8.58. The third-order valence-corrected chi connectivity index (χ3v) is 7.64. The predicted octanol–water partition coefficient (Wildman–Crippen LogP) is -0.0556. The van der Waals surface area contributed by atoms with E-state index in [4.69, 9.17) is 18.8 Å². The van der Waals surface area contributed by atoms with Crippen molar-refractivity contribution in [2.75, 3.05) is 0 Å². The van der Waals surface area contributed by atoms with Gasteiger partial charge >= 0.3 is 27.3 Å². The zero-order valence-electron chi connectivity index (χ0n) is 14.8. The summed E-state index contributed by atoms with van der Waals surface area (Å²) in [6.45, 7) is 0. The van der Waals surface area contributed by atoms with E-state index in [1.54, 1.807) is 0 Å². The molecular formula is C16H18F2O10S. The quantitative estimate of drug-likeness (QED) is 0.452. The number of hydrogen-bond donors (Lipinski definition) is 2. The van der Waals surface area contributed by atoms with E-state index in [2.05, 4.69) is 4.74 Å². The van der Waals surface area contributed by atoms with Crippen LogP contribution in [0.5, 0.6) is 0 Å². The monoisotopic (exact) mass is 440 g/mol. The molecule has 6 aliphatic rings. The van der Waals surface area contributed by atoms with E-state index in [1.807, 2.05) is 0 Å². The Morgan fingerprint density at radius 3 is 2.34 bits per heavy atom. The van der Waals surface area contributed by atoms with Crippen LogP contribution in [0.15, 0.2) is 0 Å². The van der Waals surface area contributed by atoms with Gasteiger partial charge < -0.3 is 24.1 Å². The Labute approximate surface area is 163 Å². The first-order valence-electron chi connectivity index (χ1n) is 9.19. The molecular weight excluding hydrogens is 422 g/mol. The molecule has 10 nitrogen and oxygen atoms in total. The van der Waals surface area contributed by atoms with E-state index >= 15 is 0 Å². The lowest BCUT2D eigenvalue weighted by Crippen LogP contribution is -2.66. The van der Waals surface area contributed by atoms with Gasteiger partial charge in [0.2, 0.25) is 6.29 Å². The normalized spacial score (nSPS) is 48.1. The van der Waals surface area contributed by atoms with Gasteiger partial charge in [0.25, 0.3) is 0 Å². The van der Waals surface area contributed by atoms with Crippen molar-refractivity contribution in [3.63, 3.8) is 0 Å². The third-order valence-electron chi connectivity index (χ3n) is 6.82. The highest BCUT2D eigenvalue weighted by Crippen LogP contribution is 2.65. The molecule has 0 amide bonds. The second-order valence-corrected chi connectivity index (χ2v) is 10.0. The molecule has 29 heavy (non-hydrogen) atoms. The van der Waals surface area contributed by atoms with Crippen LogP contribution in [0.25, 0.3) is 0 Å². The summed E-state index contributed by atoms with van der Waals surface area (Å²) in [6.07, 6.45) is -1.99. The highest BCUT2D eigenvalue weighted by molar-refractivity contribution is 7.87. The maximum atomic E-state index is 13.7. The van der Waals surface area contributed by atoms with E-state index in [9.17, 15) is 31.9 Å². The van der Waals surface area contributed by atoms with Crippen molar-refractivity contribution in [3.8, 4) is 0 Å². The SMILES string of the molecule is O=C1OC(O)C2OC3(OC12)C1CC2CC3CC(OC(=O)C(F)(F)S(=O)(=O)O)(C2)C1. The van der Waals surface area contributed by atoms with Crippen LogP contribution < -0.4 is 0 Å². The first-order chi connectivity index (χ1) is 13.4. The Balaban J connectivity index is 1.40. The molecule has 2 saturated heterocycles. The van der Waals surface area contributed by atoms with Crippen molar-refractivity contribution in [3.05, 3.63) is 0 Å². The molecule has 1 spiro atoms. The lowest BCUT2D eigenvalue weighted by atomic mass is 9.51. The number of rotatable bonds is 3. The summed E-state index contributed by atoms with van der Waals surface area (Å²) >= 11 is 0. The smallest absolute Gasteiger partial charge is 0.454 e. The maximum Gasteiger partial charge on any atom is 0.465 e. The van der Waals surface area contributed by atoms with Gasteiger partial charge in [-0.15, -0.1) is 0 Å². The summed E-state index contributed by atoms with van der Waals surface area (Å²) in [5.74, 6) is -5.11. The van der Waals surface area contributed by atoms with E-state index in [1.165, 1.54) is 0 Å². The van der Waals surface area contributed by atoms with Crippen LogP contribution in [-0.4, -0.2) is 65.2 Å². The summed E-state index contributed by atoms with van der Waals surface area (Å²) < 4.78 is 79.3. The Morgan fingerprint density at radius 1 is 1.17 bits per heavy atom. The van der Waals surface area contributed by atoms with Crippen LogP contribution in [0.4, 0.5) is 8.78 Å². The van der Waals surface area contributed by atoms with Crippen molar-refractivity contribution < 1.29 is 55.4 Å². The summed E-state index contributed by atoms with van der Waals surface area (Å²) in [7, 11) is -5.97. The number of alkyl halides is 2. The topological polar surface area (TPSA) is 146 Å². The third kappa shape index (κ3) is 2.54. The van der Waals surface area contributed by atoms with Gasteiger partial charge in [-0.05, 0) is 38.0 Å². The Morgan fingerprint density at radius 2 is 1.79 bits per heavy atom. The molecule has 2 aliphatic heterocycles. The minimum absolute atomic E-state index is 0.00907. The highest BCUT2D eigenvalue weighted by atomic mass is 32.2. The molecule has 2 N–H and O–H groups in total. The van der Waals surface area contributed by atoms with Crippen molar-refractivity contribution >= 4 is 22.1 Å². The minimum Gasteiger partial charge on any atom is -0.454 e. The Hall–Kier alpha value is -1.41. The average Bonchev–Trinajstić information content (AvgIpc) is 3.10. The summed E-state index contributed by atoms with van der Waals surface area (Å²) in [6, 6.07) is 0. The number of ether oxygens (including phenoxy) is 4. The van der Waals surface area contributed by atoms with Crippen molar-refractivity contribution in [2.45, 2.75) is 67.2 Å². The largest absolute Gasteiger partial charge is 0.465 e. The van der Waals surface area contributed by atoms with Gasteiger partial charge in [-0.25, -0.2) is 9.59 Å². The number of carbonyl (C=O) groups excluding carboxylic acids is 2. The second kappa shape index (κ2) is 5.63. The van der Waals surface area contributed by atoms with E-state index in [0.29, 0.717) is 12.8 Å². The fourth-order valence-electron chi connectivity index (χ4n) is 5.94. The first kappa shape index (κ1) is 19.5. The van der Waals surface area contributed by atoms with Gasteiger partial charge in [-0.1, -0.05) is 0 Å². The van der Waals surface area contributed by atoms with Gasteiger partial charge in [0.05, 0.1) is 0 Å². The van der Waals surface area contributed by atoms with E-state index in [0.717, 1.165) is 0 Å². The molecule has 5 atom stereocenters. The molecule has 0 aromatic heterocycles. The molecule has 0 aromatic rings. The highest BCUT2D eigenvalue weighted by Gasteiger charge is 2.72. The molecule has 0 aromatic carbocycles. The number of aliphatic hydroxyl groups is 1. The zero-order valence-corrected chi connectivity index (χ0v) is 15.6.